The maximum atomic E-state index is 12.5. The van der Waals surface area contributed by atoms with Crippen LogP contribution in [0.1, 0.15) is 41.3 Å². The number of aliphatic carboxylic acids is 1. The van der Waals surface area contributed by atoms with Crippen LogP contribution < -0.4 is 5.32 Å². The standard InChI is InChI=1S/C20H23NO3S/c1-13-8-10-16(11-9-13)14(2)12-21-19(22)17-6-4-5-7-18(17)25-15(3)20(23)24/h4-11,14-15H,12H2,1-3H3,(H,21,22)(H,23,24). The minimum absolute atomic E-state index is 0.181. The molecule has 0 bridgehead atoms. The van der Waals surface area contributed by atoms with Crippen molar-refractivity contribution in [3.8, 4) is 0 Å². The van der Waals surface area contributed by atoms with Gasteiger partial charge in [0.15, 0.2) is 0 Å². The van der Waals surface area contributed by atoms with Crippen molar-refractivity contribution in [3.63, 3.8) is 0 Å². The molecule has 2 atom stereocenters. The highest BCUT2D eigenvalue weighted by Gasteiger charge is 2.18. The van der Waals surface area contributed by atoms with E-state index in [0.29, 0.717) is 17.0 Å². The quantitative estimate of drug-likeness (QED) is 0.732. The number of hydrogen-bond acceptors (Lipinski definition) is 3. The van der Waals surface area contributed by atoms with Gasteiger partial charge in [0.05, 0.1) is 5.56 Å². The van der Waals surface area contributed by atoms with Crippen molar-refractivity contribution >= 4 is 23.6 Å². The van der Waals surface area contributed by atoms with Crippen molar-refractivity contribution in [1.29, 1.82) is 0 Å². The fraction of sp³-hybridized carbons (Fsp3) is 0.300. The first-order valence-corrected chi connectivity index (χ1v) is 9.09. The lowest BCUT2D eigenvalue weighted by Crippen LogP contribution is -2.28. The van der Waals surface area contributed by atoms with Gasteiger partial charge >= 0.3 is 5.97 Å². The van der Waals surface area contributed by atoms with Crippen LogP contribution in [0, 0.1) is 6.92 Å². The molecule has 2 aromatic carbocycles. The molecule has 0 aliphatic carbocycles. The van der Waals surface area contributed by atoms with Gasteiger partial charge in [-0.25, -0.2) is 0 Å². The predicted octanol–water partition coefficient (Wildman–Crippen LogP) is 4.09. The molecule has 2 N–H and O–H groups in total. The van der Waals surface area contributed by atoms with Crippen LogP contribution in [0.25, 0.3) is 0 Å². The van der Waals surface area contributed by atoms with E-state index in [9.17, 15) is 9.59 Å². The Bertz CT molecular complexity index is 743. The Morgan fingerprint density at radius 1 is 1.08 bits per heavy atom. The third kappa shape index (κ3) is 5.36. The average molecular weight is 357 g/mol. The maximum Gasteiger partial charge on any atom is 0.316 e. The summed E-state index contributed by atoms with van der Waals surface area (Å²) in [5, 5.41) is 11.4. The van der Waals surface area contributed by atoms with Crippen LogP contribution in [0.4, 0.5) is 0 Å². The number of carbonyl (C=O) groups is 2. The van der Waals surface area contributed by atoms with Crippen molar-refractivity contribution < 1.29 is 14.7 Å². The van der Waals surface area contributed by atoms with E-state index in [1.807, 2.05) is 13.0 Å². The van der Waals surface area contributed by atoms with E-state index in [1.165, 1.54) is 22.9 Å². The monoisotopic (exact) mass is 357 g/mol. The average Bonchev–Trinajstić information content (AvgIpc) is 2.60. The first-order valence-electron chi connectivity index (χ1n) is 8.21. The summed E-state index contributed by atoms with van der Waals surface area (Å²) in [4.78, 5) is 24.3. The second-order valence-electron chi connectivity index (χ2n) is 6.12. The van der Waals surface area contributed by atoms with E-state index in [4.69, 9.17) is 5.11 Å². The molecule has 0 heterocycles. The second-order valence-corrected chi connectivity index (χ2v) is 7.50. The van der Waals surface area contributed by atoms with Gasteiger partial charge in [-0.15, -0.1) is 11.8 Å². The van der Waals surface area contributed by atoms with Crippen LogP contribution in [0.5, 0.6) is 0 Å². The van der Waals surface area contributed by atoms with Gasteiger partial charge in [-0.05, 0) is 37.5 Å². The van der Waals surface area contributed by atoms with E-state index in [1.54, 1.807) is 25.1 Å². The first-order chi connectivity index (χ1) is 11.9. The van der Waals surface area contributed by atoms with Gasteiger partial charge in [-0.3, -0.25) is 9.59 Å². The Morgan fingerprint density at radius 2 is 1.72 bits per heavy atom. The van der Waals surface area contributed by atoms with Gasteiger partial charge < -0.3 is 10.4 Å². The summed E-state index contributed by atoms with van der Waals surface area (Å²) in [6, 6.07) is 15.4. The number of rotatable bonds is 7. The fourth-order valence-electron chi connectivity index (χ4n) is 2.35. The molecule has 2 unspecified atom stereocenters. The normalized spacial score (nSPS) is 13.1. The van der Waals surface area contributed by atoms with Crippen LogP contribution in [-0.4, -0.2) is 28.8 Å². The van der Waals surface area contributed by atoms with Crippen molar-refractivity contribution in [2.45, 2.75) is 36.8 Å². The third-order valence-electron chi connectivity index (χ3n) is 4.00. The fourth-order valence-corrected chi connectivity index (χ4v) is 3.28. The molecule has 0 aliphatic heterocycles. The lowest BCUT2D eigenvalue weighted by molar-refractivity contribution is -0.136. The number of carboxylic acids is 1. The summed E-state index contributed by atoms with van der Waals surface area (Å²) >= 11 is 1.18. The second kappa shape index (κ2) is 8.72. The molecule has 25 heavy (non-hydrogen) atoms. The zero-order valence-corrected chi connectivity index (χ0v) is 15.5. The Morgan fingerprint density at radius 3 is 2.36 bits per heavy atom. The third-order valence-corrected chi connectivity index (χ3v) is 5.16. The van der Waals surface area contributed by atoms with Crippen molar-refractivity contribution in [1.82, 2.24) is 5.32 Å². The molecule has 0 saturated heterocycles. The molecule has 0 saturated carbocycles. The molecular formula is C20H23NO3S. The van der Waals surface area contributed by atoms with Crippen molar-refractivity contribution in [3.05, 3.63) is 65.2 Å². The lowest BCUT2D eigenvalue weighted by atomic mass is 10.00. The molecule has 1 amide bonds. The summed E-state index contributed by atoms with van der Waals surface area (Å²) in [5.74, 6) is -0.879. The Labute approximate surface area is 152 Å². The zero-order valence-electron chi connectivity index (χ0n) is 14.7. The van der Waals surface area contributed by atoms with Gasteiger partial charge in [0.2, 0.25) is 0 Å². The Kier molecular flexibility index (Phi) is 6.65. The molecule has 2 rings (SSSR count). The topological polar surface area (TPSA) is 66.4 Å². The van der Waals surface area contributed by atoms with Gasteiger partial charge in [0.1, 0.15) is 5.25 Å². The van der Waals surface area contributed by atoms with Crippen LogP contribution in [-0.2, 0) is 4.79 Å². The lowest BCUT2D eigenvalue weighted by Gasteiger charge is -2.15. The number of hydrogen-bond donors (Lipinski definition) is 2. The number of aryl methyl sites for hydroxylation is 1. The smallest absolute Gasteiger partial charge is 0.316 e. The number of benzene rings is 2. The number of amides is 1. The Balaban J connectivity index is 2.03. The molecule has 0 fully saturated rings. The molecule has 0 spiro atoms. The summed E-state index contributed by atoms with van der Waals surface area (Å²) in [6.45, 7) is 6.25. The summed E-state index contributed by atoms with van der Waals surface area (Å²) < 4.78 is 0. The van der Waals surface area contributed by atoms with Crippen LogP contribution in [0.2, 0.25) is 0 Å². The predicted molar refractivity (Wildman–Crippen MR) is 101 cm³/mol. The van der Waals surface area contributed by atoms with Gasteiger partial charge in [-0.1, -0.05) is 48.9 Å². The van der Waals surface area contributed by atoms with Crippen LogP contribution in [0.15, 0.2) is 53.4 Å². The summed E-state index contributed by atoms with van der Waals surface area (Å²) in [7, 11) is 0. The van der Waals surface area contributed by atoms with Crippen molar-refractivity contribution in [2.75, 3.05) is 6.54 Å². The van der Waals surface area contributed by atoms with E-state index in [0.717, 1.165) is 0 Å². The SMILES string of the molecule is Cc1ccc(C(C)CNC(=O)c2ccccc2SC(C)C(=O)O)cc1. The van der Waals surface area contributed by atoms with Gasteiger partial charge in [-0.2, -0.15) is 0 Å². The number of carbonyl (C=O) groups excluding carboxylic acids is 1. The number of nitrogens with one attached hydrogen (secondary N) is 1. The maximum absolute atomic E-state index is 12.5. The molecule has 0 aromatic heterocycles. The summed E-state index contributed by atoms with van der Waals surface area (Å²) in [6.07, 6.45) is 0. The highest BCUT2D eigenvalue weighted by atomic mass is 32.2. The van der Waals surface area contributed by atoms with E-state index < -0.39 is 11.2 Å². The minimum atomic E-state index is -0.895. The van der Waals surface area contributed by atoms with E-state index in [2.05, 4.69) is 36.5 Å². The number of thioether (sulfide) groups is 1. The molecule has 5 heteroatoms. The van der Waals surface area contributed by atoms with Crippen LogP contribution in [0.3, 0.4) is 0 Å². The highest BCUT2D eigenvalue weighted by Crippen LogP contribution is 2.27. The minimum Gasteiger partial charge on any atom is -0.480 e. The van der Waals surface area contributed by atoms with E-state index in [-0.39, 0.29) is 11.8 Å². The van der Waals surface area contributed by atoms with Crippen LogP contribution >= 0.6 is 11.8 Å². The first kappa shape index (κ1) is 19.1. The zero-order chi connectivity index (χ0) is 18.4. The molecule has 0 aliphatic rings. The van der Waals surface area contributed by atoms with E-state index >= 15 is 0 Å². The molecule has 0 radical (unpaired) electrons. The molecular weight excluding hydrogens is 334 g/mol. The summed E-state index contributed by atoms with van der Waals surface area (Å²) in [5.41, 5.74) is 2.89. The molecule has 132 valence electrons. The van der Waals surface area contributed by atoms with Crippen molar-refractivity contribution in [2.24, 2.45) is 0 Å². The highest BCUT2D eigenvalue weighted by molar-refractivity contribution is 8.00. The van der Waals surface area contributed by atoms with Gasteiger partial charge in [0, 0.05) is 11.4 Å². The Hall–Kier alpha value is -2.27. The molecule has 2 aromatic rings. The van der Waals surface area contributed by atoms with Gasteiger partial charge in [0.25, 0.3) is 5.91 Å². The molecule has 4 nitrogen and oxygen atoms in total. The largest absolute Gasteiger partial charge is 0.480 e. The number of carboxylic acid groups (broad SMARTS) is 1.